The summed E-state index contributed by atoms with van der Waals surface area (Å²) < 4.78 is 0. The minimum Gasteiger partial charge on any atom is -0.481 e. The molecule has 0 aliphatic carbocycles. The average molecular weight is 285 g/mol. The van der Waals surface area contributed by atoms with Crippen LogP contribution in [0.2, 0.25) is 0 Å². The molecule has 1 unspecified atom stereocenters. The predicted octanol–water partition coefficient (Wildman–Crippen LogP) is 3.58. The van der Waals surface area contributed by atoms with Crippen molar-refractivity contribution in [3.63, 3.8) is 0 Å². The molecule has 1 rings (SSSR count). The minimum atomic E-state index is -0.885. The van der Waals surface area contributed by atoms with E-state index in [0.717, 1.165) is 44.9 Å². The molecule has 1 aliphatic rings. The zero-order valence-electron chi connectivity index (χ0n) is 12.2. The third-order valence-corrected chi connectivity index (χ3v) is 4.08. The molecule has 0 saturated carbocycles. The van der Waals surface area contributed by atoms with Crippen molar-refractivity contribution in [1.82, 2.24) is 4.90 Å². The van der Waals surface area contributed by atoms with E-state index in [1.807, 2.05) is 0 Å². The molecular formula is C15H27NO4. The van der Waals surface area contributed by atoms with Gasteiger partial charge in [-0.1, -0.05) is 38.5 Å². The number of nitrogens with zero attached hydrogens (tertiary/aromatic N) is 1. The van der Waals surface area contributed by atoms with Crippen molar-refractivity contribution in [3.8, 4) is 0 Å². The summed E-state index contributed by atoms with van der Waals surface area (Å²) >= 11 is 0. The van der Waals surface area contributed by atoms with Crippen molar-refractivity contribution in [2.45, 2.75) is 64.2 Å². The maximum Gasteiger partial charge on any atom is 0.407 e. The first-order valence-electron chi connectivity index (χ1n) is 7.82. The molecule has 0 spiro atoms. The summed E-state index contributed by atoms with van der Waals surface area (Å²) in [5.41, 5.74) is 0. The average Bonchev–Trinajstić information content (AvgIpc) is 2.40. The van der Waals surface area contributed by atoms with E-state index in [1.54, 1.807) is 0 Å². The van der Waals surface area contributed by atoms with E-state index < -0.39 is 12.1 Å². The highest BCUT2D eigenvalue weighted by Crippen LogP contribution is 2.18. The van der Waals surface area contributed by atoms with Crippen LogP contribution in [0.1, 0.15) is 64.2 Å². The standard InChI is InChI=1S/C15H27NO4/c17-14(18)13-9-6-4-2-1-3-5-7-11-16(15(19)20)12-8-10-13/h13H,1-12H2,(H,17,18)(H,19,20). The second-order valence-electron chi connectivity index (χ2n) is 5.71. The lowest BCUT2D eigenvalue weighted by Gasteiger charge is -2.20. The van der Waals surface area contributed by atoms with Crippen LogP contribution in [-0.4, -0.2) is 40.3 Å². The Balaban J connectivity index is 2.49. The largest absolute Gasteiger partial charge is 0.481 e. The molecule has 0 bridgehead atoms. The summed E-state index contributed by atoms with van der Waals surface area (Å²) in [6, 6.07) is 0. The normalized spacial score (nSPS) is 23.8. The molecule has 20 heavy (non-hydrogen) atoms. The first-order valence-corrected chi connectivity index (χ1v) is 7.82. The van der Waals surface area contributed by atoms with Gasteiger partial charge in [-0.3, -0.25) is 4.79 Å². The molecule has 0 radical (unpaired) electrons. The summed E-state index contributed by atoms with van der Waals surface area (Å²) in [4.78, 5) is 23.7. The summed E-state index contributed by atoms with van der Waals surface area (Å²) in [7, 11) is 0. The number of carbonyl (C=O) groups is 2. The maximum absolute atomic E-state index is 11.2. The lowest BCUT2D eigenvalue weighted by Crippen LogP contribution is -2.32. The molecule has 5 nitrogen and oxygen atoms in total. The van der Waals surface area contributed by atoms with Gasteiger partial charge >= 0.3 is 12.1 Å². The monoisotopic (exact) mass is 285 g/mol. The van der Waals surface area contributed by atoms with Crippen LogP contribution >= 0.6 is 0 Å². The van der Waals surface area contributed by atoms with Crippen LogP contribution in [0.3, 0.4) is 0 Å². The molecule has 2 N–H and O–H groups in total. The van der Waals surface area contributed by atoms with E-state index >= 15 is 0 Å². The van der Waals surface area contributed by atoms with Crippen molar-refractivity contribution in [3.05, 3.63) is 0 Å². The number of rotatable bonds is 1. The maximum atomic E-state index is 11.2. The Morgan fingerprint density at radius 3 is 1.85 bits per heavy atom. The fourth-order valence-electron chi connectivity index (χ4n) is 2.80. The molecule has 0 aromatic carbocycles. The van der Waals surface area contributed by atoms with E-state index in [0.29, 0.717) is 25.9 Å². The van der Waals surface area contributed by atoms with Gasteiger partial charge in [-0.25, -0.2) is 4.79 Å². The SMILES string of the molecule is O=C(O)C1CCCCCCCCCN(C(=O)O)CCC1. The Kier molecular flexibility index (Phi) is 8.07. The van der Waals surface area contributed by atoms with Crippen molar-refractivity contribution in [1.29, 1.82) is 0 Å². The van der Waals surface area contributed by atoms with Crippen LogP contribution in [0.5, 0.6) is 0 Å². The lowest BCUT2D eigenvalue weighted by atomic mass is 9.95. The van der Waals surface area contributed by atoms with Gasteiger partial charge in [0, 0.05) is 13.1 Å². The first-order chi connectivity index (χ1) is 9.61. The highest BCUT2D eigenvalue weighted by Gasteiger charge is 2.18. The van der Waals surface area contributed by atoms with Crippen LogP contribution < -0.4 is 0 Å². The van der Waals surface area contributed by atoms with Gasteiger partial charge in [0.1, 0.15) is 0 Å². The van der Waals surface area contributed by atoms with Crippen LogP contribution in [0.15, 0.2) is 0 Å². The fourth-order valence-corrected chi connectivity index (χ4v) is 2.80. The minimum absolute atomic E-state index is 0.311. The molecular weight excluding hydrogens is 258 g/mol. The van der Waals surface area contributed by atoms with Gasteiger partial charge in [-0.15, -0.1) is 0 Å². The molecule has 0 aromatic rings. The van der Waals surface area contributed by atoms with Gasteiger partial charge in [0.2, 0.25) is 0 Å². The zero-order chi connectivity index (χ0) is 14.8. The molecule has 1 heterocycles. The smallest absolute Gasteiger partial charge is 0.407 e. The van der Waals surface area contributed by atoms with Gasteiger partial charge in [-0.05, 0) is 25.7 Å². The van der Waals surface area contributed by atoms with Crippen LogP contribution in [-0.2, 0) is 4.79 Å². The van der Waals surface area contributed by atoms with E-state index in [2.05, 4.69) is 0 Å². The molecule has 1 saturated heterocycles. The molecule has 1 amide bonds. The molecule has 5 heteroatoms. The Morgan fingerprint density at radius 1 is 0.750 bits per heavy atom. The van der Waals surface area contributed by atoms with Crippen molar-refractivity contribution in [2.75, 3.05) is 13.1 Å². The second-order valence-corrected chi connectivity index (χ2v) is 5.71. The van der Waals surface area contributed by atoms with Crippen LogP contribution in [0.25, 0.3) is 0 Å². The second kappa shape index (κ2) is 9.61. The summed E-state index contributed by atoms with van der Waals surface area (Å²) in [5.74, 6) is -1.05. The molecule has 0 aromatic heterocycles. The summed E-state index contributed by atoms with van der Waals surface area (Å²) in [5, 5.41) is 18.3. The lowest BCUT2D eigenvalue weighted by molar-refractivity contribution is -0.142. The summed E-state index contributed by atoms with van der Waals surface area (Å²) in [6.07, 6.45) is 8.63. The van der Waals surface area contributed by atoms with Crippen molar-refractivity contribution < 1.29 is 19.8 Å². The molecule has 1 atom stereocenters. The zero-order valence-corrected chi connectivity index (χ0v) is 12.2. The number of carboxylic acids is 1. The quantitative estimate of drug-likeness (QED) is 0.772. The molecule has 116 valence electrons. The number of hydrogen-bond donors (Lipinski definition) is 2. The number of carboxylic acid groups (broad SMARTS) is 2. The Bertz CT molecular complexity index is 278. The topological polar surface area (TPSA) is 77.8 Å². The molecule has 1 fully saturated rings. The third-order valence-electron chi connectivity index (χ3n) is 4.08. The van der Waals surface area contributed by atoms with E-state index in [1.165, 1.54) is 11.3 Å². The van der Waals surface area contributed by atoms with E-state index in [-0.39, 0.29) is 5.92 Å². The predicted molar refractivity (Wildman–Crippen MR) is 76.9 cm³/mol. The Morgan fingerprint density at radius 2 is 1.25 bits per heavy atom. The number of hydrogen-bond acceptors (Lipinski definition) is 2. The van der Waals surface area contributed by atoms with Crippen molar-refractivity contribution >= 4 is 12.1 Å². The fraction of sp³-hybridized carbons (Fsp3) is 0.867. The third kappa shape index (κ3) is 6.78. The first kappa shape index (κ1) is 16.8. The number of aliphatic carboxylic acids is 1. The Labute approximate surface area is 121 Å². The summed E-state index contributed by atoms with van der Waals surface area (Å²) in [6.45, 7) is 1.03. The highest BCUT2D eigenvalue weighted by atomic mass is 16.4. The van der Waals surface area contributed by atoms with E-state index in [4.69, 9.17) is 5.11 Å². The van der Waals surface area contributed by atoms with Gasteiger partial charge in [0.15, 0.2) is 0 Å². The van der Waals surface area contributed by atoms with Crippen LogP contribution in [0, 0.1) is 5.92 Å². The Hall–Kier alpha value is -1.26. The number of amides is 1. The van der Waals surface area contributed by atoms with E-state index in [9.17, 15) is 14.7 Å². The van der Waals surface area contributed by atoms with Gasteiger partial charge in [0.25, 0.3) is 0 Å². The highest BCUT2D eigenvalue weighted by molar-refractivity contribution is 5.69. The van der Waals surface area contributed by atoms with Gasteiger partial charge in [-0.2, -0.15) is 0 Å². The van der Waals surface area contributed by atoms with Gasteiger partial charge in [0.05, 0.1) is 5.92 Å². The van der Waals surface area contributed by atoms with Gasteiger partial charge < -0.3 is 15.1 Å². The van der Waals surface area contributed by atoms with Crippen LogP contribution in [0.4, 0.5) is 4.79 Å². The van der Waals surface area contributed by atoms with Crippen molar-refractivity contribution in [2.24, 2.45) is 5.92 Å². The molecule has 1 aliphatic heterocycles.